The molecule has 2 N–H and O–H groups in total. The molecule has 0 saturated heterocycles. The Kier molecular flexibility index (Phi) is 4.82. The van der Waals surface area contributed by atoms with Crippen LogP contribution < -0.4 is 10.1 Å². The molecule has 0 spiro atoms. The van der Waals surface area contributed by atoms with Crippen molar-refractivity contribution in [2.24, 2.45) is 0 Å². The van der Waals surface area contributed by atoms with Crippen LogP contribution in [0.2, 0.25) is 0 Å². The molecule has 0 aliphatic heterocycles. The summed E-state index contributed by atoms with van der Waals surface area (Å²) in [5, 5.41) is 10.0. The number of rotatable bonds is 5. The summed E-state index contributed by atoms with van der Waals surface area (Å²) in [6, 6.07) is 10.2. The number of ether oxygens (including phenoxy) is 1. The number of carbonyl (C=O) groups is 1. The molecule has 0 atom stereocenters. The number of furan rings is 1. The van der Waals surface area contributed by atoms with E-state index < -0.39 is 17.5 Å². The number of amides is 1. The minimum absolute atomic E-state index is 0.00148. The number of nitrogens with zero attached hydrogens (tertiary/aromatic N) is 1. The number of hydrogen-bond donors (Lipinski definition) is 2. The zero-order valence-corrected chi connectivity index (χ0v) is 15.2. The Morgan fingerprint density at radius 1 is 1.17 bits per heavy atom. The summed E-state index contributed by atoms with van der Waals surface area (Å²) in [5.74, 6) is -1.43. The van der Waals surface area contributed by atoms with Crippen molar-refractivity contribution in [3.05, 3.63) is 77.4 Å². The van der Waals surface area contributed by atoms with Crippen LogP contribution in [0.1, 0.15) is 21.8 Å². The fourth-order valence-electron chi connectivity index (χ4n) is 2.83. The number of aromatic nitrogens is 2. The van der Waals surface area contributed by atoms with Gasteiger partial charge >= 0.3 is 0 Å². The van der Waals surface area contributed by atoms with Crippen molar-refractivity contribution >= 4 is 34.6 Å². The molecule has 29 heavy (non-hydrogen) atoms. The SMILES string of the molecule is COc1cc(C=Cc2n[nH]c3cc(F)c(NC(=O)c4ccco4)cc23)ccc1F. The molecule has 0 saturated carbocycles. The Morgan fingerprint density at radius 3 is 2.79 bits per heavy atom. The molecule has 4 aromatic rings. The van der Waals surface area contributed by atoms with E-state index >= 15 is 0 Å². The summed E-state index contributed by atoms with van der Waals surface area (Å²) >= 11 is 0. The standard InChI is InChI=1S/C21H15F2N3O3/c1-28-20-9-12(4-6-14(20)22)5-7-16-13-10-18(15(23)11-17(13)26-25-16)24-21(27)19-3-2-8-29-19/h2-11H,1H3,(H,24,27)(H,25,26). The molecule has 1 amide bonds. The fraction of sp³-hybridized carbons (Fsp3) is 0.0476. The number of nitrogens with one attached hydrogen (secondary N) is 2. The highest BCUT2D eigenvalue weighted by Crippen LogP contribution is 2.26. The summed E-state index contributed by atoms with van der Waals surface area (Å²) < 4.78 is 37.9. The largest absolute Gasteiger partial charge is 0.494 e. The second kappa shape index (κ2) is 7.59. The van der Waals surface area contributed by atoms with E-state index in [1.807, 2.05) is 0 Å². The predicted molar refractivity (Wildman–Crippen MR) is 105 cm³/mol. The van der Waals surface area contributed by atoms with Crippen LogP contribution >= 0.6 is 0 Å². The minimum Gasteiger partial charge on any atom is -0.494 e. The van der Waals surface area contributed by atoms with E-state index in [2.05, 4.69) is 15.5 Å². The Morgan fingerprint density at radius 2 is 2.03 bits per heavy atom. The number of hydrogen-bond acceptors (Lipinski definition) is 4. The van der Waals surface area contributed by atoms with E-state index in [1.165, 1.54) is 37.6 Å². The molecule has 0 fully saturated rings. The summed E-state index contributed by atoms with van der Waals surface area (Å²) in [6.07, 6.45) is 4.78. The van der Waals surface area contributed by atoms with Gasteiger partial charge in [0.1, 0.15) is 5.82 Å². The third kappa shape index (κ3) is 3.73. The number of benzene rings is 2. The lowest BCUT2D eigenvalue weighted by atomic mass is 10.1. The van der Waals surface area contributed by atoms with Gasteiger partial charge in [0.05, 0.1) is 30.3 Å². The van der Waals surface area contributed by atoms with E-state index in [9.17, 15) is 13.6 Å². The van der Waals surface area contributed by atoms with Gasteiger partial charge in [0.25, 0.3) is 5.91 Å². The van der Waals surface area contributed by atoms with Crippen molar-refractivity contribution in [1.82, 2.24) is 10.2 Å². The maximum atomic E-state index is 14.3. The van der Waals surface area contributed by atoms with Crippen LogP contribution in [0.25, 0.3) is 23.1 Å². The highest BCUT2D eigenvalue weighted by Gasteiger charge is 2.14. The van der Waals surface area contributed by atoms with Crippen LogP contribution in [-0.4, -0.2) is 23.2 Å². The predicted octanol–water partition coefficient (Wildman–Crippen LogP) is 4.87. The fourth-order valence-corrected chi connectivity index (χ4v) is 2.83. The Labute approximate surface area is 163 Å². The van der Waals surface area contributed by atoms with Crippen molar-refractivity contribution in [3.63, 3.8) is 0 Å². The smallest absolute Gasteiger partial charge is 0.291 e. The van der Waals surface area contributed by atoms with Gasteiger partial charge in [-0.15, -0.1) is 0 Å². The molecule has 6 nitrogen and oxygen atoms in total. The first-order chi connectivity index (χ1) is 14.0. The highest BCUT2D eigenvalue weighted by atomic mass is 19.1. The number of aromatic amines is 1. The first-order valence-corrected chi connectivity index (χ1v) is 8.59. The molecule has 0 unspecified atom stereocenters. The molecular formula is C21H15F2N3O3. The number of methoxy groups -OCH3 is 1. The molecule has 4 rings (SSSR count). The zero-order chi connectivity index (χ0) is 20.4. The number of H-pyrrole nitrogens is 1. The van der Waals surface area contributed by atoms with E-state index in [0.717, 1.165) is 0 Å². The Balaban J connectivity index is 1.64. The van der Waals surface area contributed by atoms with E-state index in [-0.39, 0.29) is 17.2 Å². The number of anilines is 1. The van der Waals surface area contributed by atoms with Gasteiger partial charge in [-0.1, -0.05) is 12.1 Å². The quantitative estimate of drug-likeness (QED) is 0.505. The molecule has 146 valence electrons. The molecule has 0 aliphatic carbocycles. The Hall–Kier alpha value is -3.94. The lowest BCUT2D eigenvalue weighted by Gasteiger charge is -2.05. The van der Waals surface area contributed by atoms with Gasteiger partial charge in [0, 0.05) is 11.5 Å². The van der Waals surface area contributed by atoms with Gasteiger partial charge < -0.3 is 14.5 Å². The molecule has 2 aromatic heterocycles. The van der Waals surface area contributed by atoms with Crippen LogP contribution in [0.4, 0.5) is 14.5 Å². The lowest BCUT2D eigenvalue weighted by molar-refractivity contribution is 0.0996. The summed E-state index contributed by atoms with van der Waals surface area (Å²) in [4.78, 5) is 12.1. The van der Waals surface area contributed by atoms with Crippen molar-refractivity contribution in [1.29, 1.82) is 0 Å². The van der Waals surface area contributed by atoms with Crippen molar-refractivity contribution < 1.29 is 22.7 Å². The normalized spacial score (nSPS) is 11.3. The summed E-state index contributed by atoms with van der Waals surface area (Å²) in [7, 11) is 1.39. The van der Waals surface area contributed by atoms with E-state index in [0.29, 0.717) is 22.2 Å². The molecular weight excluding hydrogens is 380 g/mol. The van der Waals surface area contributed by atoms with E-state index in [4.69, 9.17) is 9.15 Å². The number of fused-ring (bicyclic) bond motifs is 1. The van der Waals surface area contributed by atoms with Gasteiger partial charge in [0.2, 0.25) is 0 Å². The second-order valence-corrected chi connectivity index (χ2v) is 6.15. The molecule has 0 radical (unpaired) electrons. The molecule has 2 heterocycles. The summed E-state index contributed by atoms with van der Waals surface area (Å²) in [6.45, 7) is 0. The van der Waals surface area contributed by atoms with Gasteiger partial charge in [0.15, 0.2) is 17.3 Å². The van der Waals surface area contributed by atoms with Gasteiger partial charge in [-0.2, -0.15) is 5.10 Å². The van der Waals surface area contributed by atoms with Crippen molar-refractivity contribution in [3.8, 4) is 5.75 Å². The average molecular weight is 395 g/mol. The highest BCUT2D eigenvalue weighted by molar-refractivity contribution is 6.04. The molecule has 2 aromatic carbocycles. The van der Waals surface area contributed by atoms with Crippen molar-refractivity contribution in [2.75, 3.05) is 12.4 Å². The monoisotopic (exact) mass is 395 g/mol. The van der Waals surface area contributed by atoms with E-state index in [1.54, 1.807) is 30.4 Å². The van der Waals surface area contributed by atoms with Crippen LogP contribution in [0.5, 0.6) is 5.75 Å². The topological polar surface area (TPSA) is 80.1 Å². The van der Waals surface area contributed by atoms with Crippen LogP contribution in [0, 0.1) is 11.6 Å². The molecule has 8 heteroatoms. The van der Waals surface area contributed by atoms with Gasteiger partial charge in [-0.25, -0.2) is 8.78 Å². The maximum Gasteiger partial charge on any atom is 0.291 e. The van der Waals surface area contributed by atoms with Crippen LogP contribution in [0.15, 0.2) is 53.1 Å². The lowest BCUT2D eigenvalue weighted by Crippen LogP contribution is -2.12. The summed E-state index contributed by atoms with van der Waals surface area (Å²) in [5.41, 5.74) is 1.69. The second-order valence-electron chi connectivity index (χ2n) is 6.15. The molecule has 0 bridgehead atoms. The third-order valence-electron chi connectivity index (χ3n) is 4.28. The van der Waals surface area contributed by atoms with Crippen LogP contribution in [-0.2, 0) is 0 Å². The number of carbonyl (C=O) groups excluding carboxylic acids is 1. The Bertz CT molecular complexity index is 1210. The van der Waals surface area contributed by atoms with Gasteiger partial charge in [-0.3, -0.25) is 9.89 Å². The molecule has 0 aliphatic rings. The minimum atomic E-state index is -0.611. The first-order valence-electron chi connectivity index (χ1n) is 8.59. The third-order valence-corrected chi connectivity index (χ3v) is 4.28. The van der Waals surface area contributed by atoms with Crippen molar-refractivity contribution in [2.45, 2.75) is 0 Å². The number of halogens is 2. The van der Waals surface area contributed by atoms with Gasteiger partial charge in [-0.05, 0) is 42.0 Å². The first kappa shape index (κ1) is 18.4. The maximum absolute atomic E-state index is 14.3. The zero-order valence-electron chi connectivity index (χ0n) is 15.2. The average Bonchev–Trinajstić information content (AvgIpc) is 3.38. The van der Waals surface area contributed by atoms with Crippen LogP contribution in [0.3, 0.4) is 0 Å².